The molecule has 0 spiro atoms. The smallest absolute Gasteiger partial charge is 0.256 e. The number of para-hydroxylation sites is 1. The number of piperazine rings is 1. The molecule has 1 aromatic carbocycles. The Kier molecular flexibility index (Phi) is 4.06. The SMILES string of the molecule is Cc1nc(CN2CCN(C(=O)c3ccccc3N)CC2)no1. The second kappa shape index (κ2) is 6.15. The first-order chi connectivity index (χ1) is 10.6. The first kappa shape index (κ1) is 14.5. The van der Waals surface area contributed by atoms with Gasteiger partial charge in [0.15, 0.2) is 5.82 Å². The third-order valence-electron chi connectivity index (χ3n) is 3.79. The summed E-state index contributed by atoms with van der Waals surface area (Å²) in [4.78, 5) is 20.7. The Morgan fingerprint density at radius 2 is 2.00 bits per heavy atom. The molecule has 1 saturated heterocycles. The number of aryl methyl sites for hydroxylation is 1. The van der Waals surface area contributed by atoms with Gasteiger partial charge in [-0.25, -0.2) is 0 Å². The maximum Gasteiger partial charge on any atom is 0.256 e. The number of benzene rings is 1. The van der Waals surface area contributed by atoms with E-state index in [9.17, 15) is 4.79 Å². The highest BCUT2D eigenvalue weighted by Gasteiger charge is 2.23. The van der Waals surface area contributed by atoms with E-state index in [0.717, 1.165) is 13.1 Å². The predicted octanol–water partition coefficient (Wildman–Crippen LogP) is 0.918. The van der Waals surface area contributed by atoms with Crippen LogP contribution in [0.25, 0.3) is 0 Å². The number of hydrogen-bond acceptors (Lipinski definition) is 6. The highest BCUT2D eigenvalue weighted by molar-refractivity contribution is 5.99. The largest absolute Gasteiger partial charge is 0.398 e. The molecule has 0 saturated carbocycles. The van der Waals surface area contributed by atoms with Crippen LogP contribution in [0.2, 0.25) is 0 Å². The number of rotatable bonds is 3. The van der Waals surface area contributed by atoms with E-state index in [4.69, 9.17) is 10.3 Å². The number of nitrogens with two attached hydrogens (primary N) is 1. The molecule has 2 aromatic rings. The van der Waals surface area contributed by atoms with Crippen molar-refractivity contribution in [2.75, 3.05) is 31.9 Å². The number of hydrogen-bond donors (Lipinski definition) is 1. The van der Waals surface area contributed by atoms with Crippen molar-refractivity contribution >= 4 is 11.6 Å². The summed E-state index contributed by atoms with van der Waals surface area (Å²) in [5.41, 5.74) is 6.97. The molecule has 1 aliphatic heterocycles. The third-order valence-corrected chi connectivity index (χ3v) is 3.79. The minimum Gasteiger partial charge on any atom is -0.398 e. The molecule has 1 amide bonds. The molecule has 0 aliphatic carbocycles. The molecule has 116 valence electrons. The van der Waals surface area contributed by atoms with Crippen LogP contribution in [0.15, 0.2) is 28.8 Å². The maximum absolute atomic E-state index is 12.5. The van der Waals surface area contributed by atoms with E-state index in [1.54, 1.807) is 19.1 Å². The zero-order valence-corrected chi connectivity index (χ0v) is 12.5. The topological polar surface area (TPSA) is 88.5 Å². The molecule has 0 unspecified atom stereocenters. The van der Waals surface area contributed by atoms with Gasteiger partial charge in [-0.05, 0) is 12.1 Å². The average molecular weight is 301 g/mol. The van der Waals surface area contributed by atoms with Gasteiger partial charge in [-0.15, -0.1) is 0 Å². The van der Waals surface area contributed by atoms with E-state index >= 15 is 0 Å². The van der Waals surface area contributed by atoms with Crippen molar-refractivity contribution in [2.24, 2.45) is 0 Å². The Balaban J connectivity index is 1.57. The summed E-state index contributed by atoms with van der Waals surface area (Å²) in [6, 6.07) is 7.18. The fraction of sp³-hybridized carbons (Fsp3) is 0.400. The van der Waals surface area contributed by atoms with Crippen molar-refractivity contribution in [1.29, 1.82) is 0 Å². The van der Waals surface area contributed by atoms with Gasteiger partial charge in [0.1, 0.15) is 0 Å². The van der Waals surface area contributed by atoms with Crippen molar-refractivity contribution in [3.63, 3.8) is 0 Å². The number of carbonyl (C=O) groups is 1. The van der Waals surface area contributed by atoms with E-state index in [-0.39, 0.29) is 5.91 Å². The van der Waals surface area contributed by atoms with Crippen molar-refractivity contribution in [1.82, 2.24) is 19.9 Å². The van der Waals surface area contributed by atoms with E-state index in [1.165, 1.54) is 0 Å². The van der Waals surface area contributed by atoms with Crippen LogP contribution in [0.5, 0.6) is 0 Å². The Morgan fingerprint density at radius 1 is 1.27 bits per heavy atom. The van der Waals surface area contributed by atoms with Crippen LogP contribution < -0.4 is 5.73 Å². The number of amides is 1. The summed E-state index contributed by atoms with van der Waals surface area (Å²) in [5, 5.41) is 3.90. The van der Waals surface area contributed by atoms with Gasteiger partial charge in [0.05, 0.1) is 12.1 Å². The Hall–Kier alpha value is -2.41. The number of nitrogen functional groups attached to an aromatic ring is 1. The normalized spacial score (nSPS) is 16.0. The lowest BCUT2D eigenvalue weighted by Gasteiger charge is -2.34. The molecule has 22 heavy (non-hydrogen) atoms. The van der Waals surface area contributed by atoms with Crippen LogP contribution in [0, 0.1) is 6.92 Å². The van der Waals surface area contributed by atoms with Gasteiger partial charge in [-0.3, -0.25) is 9.69 Å². The molecule has 7 nitrogen and oxygen atoms in total. The van der Waals surface area contributed by atoms with Gasteiger partial charge >= 0.3 is 0 Å². The highest BCUT2D eigenvalue weighted by Crippen LogP contribution is 2.15. The van der Waals surface area contributed by atoms with E-state index in [1.807, 2.05) is 17.0 Å². The summed E-state index contributed by atoms with van der Waals surface area (Å²) in [6.07, 6.45) is 0. The zero-order valence-electron chi connectivity index (χ0n) is 12.5. The fourth-order valence-electron chi connectivity index (χ4n) is 2.58. The standard InChI is InChI=1S/C15H19N5O2/c1-11-17-14(18-22-11)10-19-6-8-20(9-7-19)15(21)12-4-2-3-5-13(12)16/h2-5H,6-10,16H2,1H3. The second-order valence-electron chi connectivity index (χ2n) is 5.39. The highest BCUT2D eigenvalue weighted by atomic mass is 16.5. The van der Waals surface area contributed by atoms with Crippen LogP contribution in [-0.2, 0) is 6.54 Å². The lowest BCUT2D eigenvalue weighted by molar-refractivity contribution is 0.0625. The van der Waals surface area contributed by atoms with Gasteiger partial charge in [0.2, 0.25) is 5.89 Å². The van der Waals surface area contributed by atoms with Crippen molar-refractivity contribution in [3.8, 4) is 0 Å². The molecule has 3 rings (SSSR count). The molecule has 7 heteroatoms. The maximum atomic E-state index is 12.5. The van der Waals surface area contributed by atoms with Gasteiger partial charge in [0.25, 0.3) is 5.91 Å². The first-order valence-electron chi connectivity index (χ1n) is 7.29. The zero-order chi connectivity index (χ0) is 15.5. The fourth-order valence-corrected chi connectivity index (χ4v) is 2.58. The summed E-state index contributed by atoms with van der Waals surface area (Å²) < 4.78 is 4.97. The second-order valence-corrected chi connectivity index (χ2v) is 5.39. The number of carbonyl (C=O) groups excluding carboxylic acids is 1. The summed E-state index contributed by atoms with van der Waals surface area (Å²) in [5.74, 6) is 1.25. The van der Waals surface area contributed by atoms with Gasteiger partial charge in [-0.1, -0.05) is 17.3 Å². The average Bonchev–Trinajstić information content (AvgIpc) is 2.93. The molecular weight excluding hydrogens is 282 g/mol. The summed E-state index contributed by atoms with van der Waals surface area (Å²) in [7, 11) is 0. The number of anilines is 1. The number of aromatic nitrogens is 2. The summed E-state index contributed by atoms with van der Waals surface area (Å²) in [6.45, 7) is 5.33. The molecule has 2 N–H and O–H groups in total. The lowest BCUT2D eigenvalue weighted by Crippen LogP contribution is -2.48. The van der Waals surface area contributed by atoms with E-state index in [0.29, 0.717) is 42.6 Å². The Morgan fingerprint density at radius 3 is 2.64 bits per heavy atom. The minimum atomic E-state index is -0.00634. The van der Waals surface area contributed by atoms with Gasteiger partial charge < -0.3 is 15.2 Å². The van der Waals surface area contributed by atoms with Crippen LogP contribution >= 0.6 is 0 Å². The van der Waals surface area contributed by atoms with Gasteiger partial charge in [0, 0.05) is 38.8 Å². The lowest BCUT2D eigenvalue weighted by atomic mass is 10.1. The van der Waals surface area contributed by atoms with Crippen LogP contribution in [-0.4, -0.2) is 52.0 Å². The van der Waals surface area contributed by atoms with E-state index < -0.39 is 0 Å². The first-order valence-corrected chi connectivity index (χ1v) is 7.29. The molecule has 1 fully saturated rings. The van der Waals surface area contributed by atoms with E-state index in [2.05, 4.69) is 15.0 Å². The molecule has 1 aliphatic rings. The molecule has 0 atom stereocenters. The molecule has 1 aromatic heterocycles. The van der Waals surface area contributed by atoms with Crippen molar-refractivity contribution in [2.45, 2.75) is 13.5 Å². The molecular formula is C15H19N5O2. The third kappa shape index (κ3) is 3.09. The number of nitrogens with zero attached hydrogens (tertiary/aromatic N) is 4. The van der Waals surface area contributed by atoms with Crippen molar-refractivity contribution < 1.29 is 9.32 Å². The molecule has 2 heterocycles. The van der Waals surface area contributed by atoms with Gasteiger partial charge in [-0.2, -0.15) is 4.98 Å². The predicted molar refractivity (Wildman–Crippen MR) is 81.1 cm³/mol. The molecule has 0 bridgehead atoms. The quantitative estimate of drug-likeness (QED) is 0.848. The summed E-state index contributed by atoms with van der Waals surface area (Å²) >= 11 is 0. The molecule has 0 radical (unpaired) electrons. The Bertz CT molecular complexity index is 661. The monoisotopic (exact) mass is 301 g/mol. The van der Waals surface area contributed by atoms with Crippen LogP contribution in [0.4, 0.5) is 5.69 Å². The van der Waals surface area contributed by atoms with Crippen LogP contribution in [0.1, 0.15) is 22.1 Å². The minimum absolute atomic E-state index is 0.00634. The van der Waals surface area contributed by atoms with Crippen molar-refractivity contribution in [3.05, 3.63) is 41.5 Å². The Labute approximate surface area is 128 Å². The van der Waals surface area contributed by atoms with Crippen LogP contribution in [0.3, 0.4) is 0 Å².